The number of fused-ring (bicyclic) bond motifs is 1. The highest BCUT2D eigenvalue weighted by Crippen LogP contribution is 2.31. The van der Waals surface area contributed by atoms with E-state index in [1.807, 2.05) is 0 Å². The number of benzene rings is 1. The van der Waals surface area contributed by atoms with Crippen LogP contribution in [0.25, 0.3) is 0 Å². The molecule has 1 aliphatic rings. The topological polar surface area (TPSA) is 44.1 Å². The van der Waals surface area contributed by atoms with Crippen molar-refractivity contribution in [2.45, 2.75) is 26.0 Å². The second kappa shape index (κ2) is 5.17. The molecule has 104 valence electrons. The molecule has 1 aromatic heterocycles. The van der Waals surface area contributed by atoms with Crippen molar-refractivity contribution in [1.29, 1.82) is 0 Å². The summed E-state index contributed by atoms with van der Waals surface area (Å²) >= 11 is 0. The summed E-state index contributed by atoms with van der Waals surface area (Å²) in [6, 6.07) is 8.23. The monoisotopic (exact) mass is 274 g/mol. The number of carbonyl (C=O) groups is 1. The first kappa shape index (κ1) is 13.0. The SMILES string of the molecule is CCC(=O)c1cc2n(n1)CCO[C@@H]2c1ccccc1F. The summed E-state index contributed by atoms with van der Waals surface area (Å²) in [5, 5.41) is 4.29. The average molecular weight is 274 g/mol. The fraction of sp³-hybridized carbons (Fsp3) is 0.333. The standard InChI is InChI=1S/C15H15FN2O2/c1-2-14(19)12-9-13-15(20-8-7-18(13)17-12)10-5-3-4-6-11(10)16/h3-6,9,15H,2,7-8H2,1H3/t15-/m1/s1. The molecule has 0 saturated carbocycles. The second-order valence-corrected chi connectivity index (χ2v) is 4.73. The van der Waals surface area contributed by atoms with E-state index in [9.17, 15) is 9.18 Å². The lowest BCUT2D eigenvalue weighted by atomic mass is 10.0. The Morgan fingerprint density at radius 3 is 3.05 bits per heavy atom. The van der Waals surface area contributed by atoms with Gasteiger partial charge in [0, 0.05) is 12.0 Å². The third-order valence-corrected chi connectivity index (χ3v) is 3.46. The van der Waals surface area contributed by atoms with Crippen LogP contribution < -0.4 is 0 Å². The van der Waals surface area contributed by atoms with E-state index in [-0.39, 0.29) is 11.6 Å². The molecule has 5 heteroatoms. The molecule has 0 saturated heterocycles. The van der Waals surface area contributed by atoms with E-state index in [2.05, 4.69) is 5.10 Å². The molecule has 2 aromatic rings. The van der Waals surface area contributed by atoms with E-state index in [4.69, 9.17) is 4.74 Å². The Hall–Kier alpha value is -2.01. The summed E-state index contributed by atoms with van der Waals surface area (Å²) < 4.78 is 21.3. The van der Waals surface area contributed by atoms with Crippen molar-refractivity contribution in [1.82, 2.24) is 9.78 Å². The van der Waals surface area contributed by atoms with Gasteiger partial charge in [-0.15, -0.1) is 0 Å². The zero-order valence-electron chi connectivity index (χ0n) is 11.2. The zero-order chi connectivity index (χ0) is 14.1. The summed E-state index contributed by atoms with van der Waals surface area (Å²) in [6.45, 7) is 2.83. The minimum absolute atomic E-state index is 0.0146. The number of ketones is 1. The van der Waals surface area contributed by atoms with E-state index in [0.29, 0.717) is 30.8 Å². The van der Waals surface area contributed by atoms with Crippen molar-refractivity contribution in [3.63, 3.8) is 0 Å². The summed E-state index contributed by atoms with van der Waals surface area (Å²) in [4.78, 5) is 11.8. The predicted octanol–water partition coefficient (Wildman–Crippen LogP) is 2.73. The Kier molecular flexibility index (Phi) is 3.36. The van der Waals surface area contributed by atoms with Crippen LogP contribution in [0.1, 0.15) is 41.2 Å². The molecular formula is C15H15FN2O2. The number of Topliss-reactive ketones (excluding diaryl/α,β-unsaturated/α-hetero) is 1. The molecular weight excluding hydrogens is 259 g/mol. The Morgan fingerprint density at radius 1 is 1.50 bits per heavy atom. The highest BCUT2D eigenvalue weighted by Gasteiger charge is 2.27. The number of hydrogen-bond donors (Lipinski definition) is 0. The van der Waals surface area contributed by atoms with Gasteiger partial charge < -0.3 is 4.74 Å². The van der Waals surface area contributed by atoms with Crippen molar-refractivity contribution in [2.24, 2.45) is 0 Å². The van der Waals surface area contributed by atoms with Crippen LogP contribution in [0.2, 0.25) is 0 Å². The molecule has 1 atom stereocenters. The molecule has 4 nitrogen and oxygen atoms in total. The molecule has 1 aromatic carbocycles. The largest absolute Gasteiger partial charge is 0.365 e. The molecule has 0 spiro atoms. The number of rotatable bonds is 3. The Balaban J connectivity index is 2.04. The van der Waals surface area contributed by atoms with E-state index in [1.165, 1.54) is 6.07 Å². The lowest BCUT2D eigenvalue weighted by Gasteiger charge is -2.24. The van der Waals surface area contributed by atoms with E-state index in [0.717, 1.165) is 5.69 Å². The third-order valence-electron chi connectivity index (χ3n) is 3.46. The molecule has 1 aliphatic heterocycles. The second-order valence-electron chi connectivity index (χ2n) is 4.73. The van der Waals surface area contributed by atoms with Crippen LogP contribution in [0.15, 0.2) is 30.3 Å². The first-order valence-electron chi connectivity index (χ1n) is 6.67. The summed E-state index contributed by atoms with van der Waals surface area (Å²) in [5.74, 6) is -0.324. The van der Waals surface area contributed by atoms with Crippen LogP contribution >= 0.6 is 0 Å². The number of hydrogen-bond acceptors (Lipinski definition) is 3. The van der Waals surface area contributed by atoms with Gasteiger partial charge in [0.1, 0.15) is 17.6 Å². The van der Waals surface area contributed by atoms with Gasteiger partial charge in [-0.05, 0) is 12.1 Å². The molecule has 0 radical (unpaired) electrons. The van der Waals surface area contributed by atoms with Gasteiger partial charge in [-0.25, -0.2) is 4.39 Å². The van der Waals surface area contributed by atoms with Crippen LogP contribution in [0.3, 0.4) is 0 Å². The molecule has 0 aliphatic carbocycles. The molecule has 0 unspecified atom stereocenters. The maximum atomic E-state index is 13.9. The van der Waals surface area contributed by atoms with E-state index < -0.39 is 6.10 Å². The van der Waals surface area contributed by atoms with Crippen LogP contribution in [0, 0.1) is 5.82 Å². The van der Waals surface area contributed by atoms with Gasteiger partial charge in [0.2, 0.25) is 0 Å². The molecule has 0 N–H and O–H groups in total. The van der Waals surface area contributed by atoms with Crippen molar-refractivity contribution in [3.05, 3.63) is 53.1 Å². The van der Waals surface area contributed by atoms with Crippen molar-refractivity contribution in [3.8, 4) is 0 Å². The van der Waals surface area contributed by atoms with Crippen molar-refractivity contribution >= 4 is 5.78 Å². The number of carbonyl (C=O) groups excluding carboxylic acids is 1. The molecule has 20 heavy (non-hydrogen) atoms. The molecule has 0 bridgehead atoms. The molecule has 0 fully saturated rings. The summed E-state index contributed by atoms with van der Waals surface area (Å²) in [6.07, 6.45) is -0.0994. The van der Waals surface area contributed by atoms with Crippen LogP contribution in [-0.4, -0.2) is 22.2 Å². The van der Waals surface area contributed by atoms with Crippen LogP contribution in [0.5, 0.6) is 0 Å². The van der Waals surface area contributed by atoms with Gasteiger partial charge in [0.05, 0.1) is 18.8 Å². The Labute approximate surface area is 116 Å². The number of halogens is 1. The van der Waals surface area contributed by atoms with Gasteiger partial charge in [-0.3, -0.25) is 9.48 Å². The smallest absolute Gasteiger partial charge is 0.182 e. The normalized spacial score (nSPS) is 17.8. The average Bonchev–Trinajstić information content (AvgIpc) is 2.91. The van der Waals surface area contributed by atoms with Gasteiger partial charge in [-0.2, -0.15) is 5.10 Å². The number of ether oxygens (including phenoxy) is 1. The highest BCUT2D eigenvalue weighted by molar-refractivity contribution is 5.94. The lowest BCUT2D eigenvalue weighted by Crippen LogP contribution is -2.23. The van der Waals surface area contributed by atoms with E-state index >= 15 is 0 Å². The molecule has 3 rings (SSSR count). The maximum Gasteiger partial charge on any atom is 0.182 e. The van der Waals surface area contributed by atoms with E-state index in [1.54, 1.807) is 35.9 Å². The first-order valence-corrected chi connectivity index (χ1v) is 6.67. The number of nitrogens with zero attached hydrogens (tertiary/aromatic N) is 2. The minimum Gasteiger partial charge on any atom is -0.365 e. The summed E-state index contributed by atoms with van der Waals surface area (Å²) in [5.41, 5.74) is 1.64. The maximum absolute atomic E-state index is 13.9. The quantitative estimate of drug-likeness (QED) is 0.808. The van der Waals surface area contributed by atoms with Gasteiger partial charge in [-0.1, -0.05) is 25.1 Å². The fourth-order valence-electron chi connectivity index (χ4n) is 2.42. The third kappa shape index (κ3) is 2.14. The highest BCUT2D eigenvalue weighted by atomic mass is 19.1. The molecule has 0 amide bonds. The van der Waals surface area contributed by atoms with Crippen molar-refractivity contribution < 1.29 is 13.9 Å². The van der Waals surface area contributed by atoms with Gasteiger partial charge in [0.25, 0.3) is 0 Å². The minimum atomic E-state index is -0.504. The zero-order valence-corrected chi connectivity index (χ0v) is 11.2. The van der Waals surface area contributed by atoms with Crippen LogP contribution in [0.4, 0.5) is 4.39 Å². The van der Waals surface area contributed by atoms with Crippen LogP contribution in [-0.2, 0) is 11.3 Å². The summed E-state index contributed by atoms with van der Waals surface area (Å²) in [7, 11) is 0. The molecule has 2 heterocycles. The fourth-order valence-corrected chi connectivity index (χ4v) is 2.42. The first-order chi connectivity index (χ1) is 9.70. The Morgan fingerprint density at radius 2 is 2.30 bits per heavy atom. The number of aromatic nitrogens is 2. The van der Waals surface area contributed by atoms with Crippen molar-refractivity contribution in [2.75, 3.05) is 6.61 Å². The Bertz CT molecular complexity index is 651. The lowest BCUT2D eigenvalue weighted by molar-refractivity contribution is 0.0401. The van der Waals surface area contributed by atoms with Gasteiger partial charge >= 0.3 is 0 Å². The predicted molar refractivity (Wildman–Crippen MR) is 71.0 cm³/mol. The van der Waals surface area contributed by atoms with Gasteiger partial charge in [0.15, 0.2) is 5.78 Å².